The first-order chi connectivity index (χ1) is 8.99. The second kappa shape index (κ2) is 6.40. The summed E-state index contributed by atoms with van der Waals surface area (Å²) >= 11 is 0. The molecular weight excluding hydrogens is 246 g/mol. The van der Waals surface area contributed by atoms with Crippen molar-refractivity contribution >= 4 is 17.5 Å². The summed E-state index contributed by atoms with van der Waals surface area (Å²) in [4.78, 5) is 24.7. The van der Waals surface area contributed by atoms with E-state index < -0.39 is 5.91 Å². The highest BCUT2D eigenvalue weighted by molar-refractivity contribution is 5.99. The average molecular weight is 261 g/mol. The molecule has 0 aliphatic carbocycles. The largest absolute Gasteiger partial charge is 0.496 e. The van der Waals surface area contributed by atoms with E-state index in [-0.39, 0.29) is 12.3 Å². The van der Waals surface area contributed by atoms with Gasteiger partial charge in [0.2, 0.25) is 5.91 Å². The van der Waals surface area contributed by atoms with Crippen LogP contribution in [0.2, 0.25) is 0 Å². The van der Waals surface area contributed by atoms with Gasteiger partial charge in [-0.3, -0.25) is 9.59 Å². The number of amides is 2. The Morgan fingerprint density at radius 1 is 1.42 bits per heavy atom. The second-order valence-corrected chi connectivity index (χ2v) is 4.00. The van der Waals surface area contributed by atoms with E-state index in [0.717, 1.165) is 0 Å². The molecule has 0 saturated carbocycles. The highest BCUT2D eigenvalue weighted by atomic mass is 16.5. The van der Waals surface area contributed by atoms with E-state index in [1.54, 1.807) is 32.3 Å². The van der Waals surface area contributed by atoms with Crippen LogP contribution in [0.15, 0.2) is 18.2 Å². The molecule has 0 fully saturated rings. The first kappa shape index (κ1) is 14.5. The topological polar surface area (TPSA) is 82.4 Å². The van der Waals surface area contributed by atoms with E-state index in [1.807, 2.05) is 0 Å². The Hall–Kier alpha value is -2.55. The molecule has 6 nitrogen and oxygen atoms in total. The van der Waals surface area contributed by atoms with Crippen LogP contribution in [0.25, 0.3) is 0 Å². The summed E-state index contributed by atoms with van der Waals surface area (Å²) in [6, 6.07) is 6.49. The molecule has 1 rings (SSSR count). The van der Waals surface area contributed by atoms with Crippen molar-refractivity contribution in [2.45, 2.75) is 6.42 Å². The third-order valence-electron chi connectivity index (χ3n) is 2.36. The van der Waals surface area contributed by atoms with Gasteiger partial charge in [0.25, 0.3) is 5.91 Å². The molecule has 0 heterocycles. The maximum Gasteiger partial charge on any atom is 0.257 e. The van der Waals surface area contributed by atoms with Crippen molar-refractivity contribution in [1.82, 2.24) is 4.90 Å². The molecule has 0 aliphatic rings. The average Bonchev–Trinajstić information content (AvgIpc) is 2.37. The van der Waals surface area contributed by atoms with Crippen molar-refractivity contribution in [3.05, 3.63) is 23.8 Å². The standard InChI is InChI=1S/C13H15N3O3/c1-16(2)13(18)10-8-9(4-5-11(10)19-3)15-12(17)6-7-14/h4-5,8H,6H2,1-3H3,(H,15,17). The first-order valence-corrected chi connectivity index (χ1v) is 5.56. The quantitative estimate of drug-likeness (QED) is 0.884. The molecule has 100 valence electrons. The monoisotopic (exact) mass is 261 g/mol. The summed E-state index contributed by atoms with van der Waals surface area (Å²) < 4.78 is 5.11. The number of ether oxygens (including phenoxy) is 1. The molecule has 0 radical (unpaired) electrons. The lowest BCUT2D eigenvalue weighted by atomic mass is 10.1. The zero-order chi connectivity index (χ0) is 14.4. The fourth-order valence-electron chi connectivity index (χ4n) is 1.47. The van der Waals surface area contributed by atoms with Crippen molar-refractivity contribution < 1.29 is 14.3 Å². The van der Waals surface area contributed by atoms with Crippen molar-refractivity contribution in [2.75, 3.05) is 26.5 Å². The molecule has 6 heteroatoms. The Morgan fingerprint density at radius 2 is 2.11 bits per heavy atom. The van der Waals surface area contributed by atoms with Gasteiger partial charge < -0.3 is 15.0 Å². The van der Waals surface area contributed by atoms with Crippen molar-refractivity contribution in [1.29, 1.82) is 5.26 Å². The Morgan fingerprint density at radius 3 is 2.63 bits per heavy atom. The van der Waals surface area contributed by atoms with E-state index >= 15 is 0 Å². The molecule has 0 saturated heterocycles. The maximum atomic E-state index is 12.0. The SMILES string of the molecule is COc1ccc(NC(=O)CC#N)cc1C(=O)N(C)C. The van der Waals surface area contributed by atoms with E-state index in [1.165, 1.54) is 18.1 Å². The zero-order valence-corrected chi connectivity index (χ0v) is 11.1. The number of nitrogens with zero attached hydrogens (tertiary/aromatic N) is 2. The van der Waals surface area contributed by atoms with Crippen LogP contribution in [0.4, 0.5) is 5.69 Å². The molecule has 1 aromatic carbocycles. The summed E-state index contributed by atoms with van der Waals surface area (Å²) in [5.74, 6) is -0.221. The van der Waals surface area contributed by atoms with Crippen molar-refractivity contribution in [2.24, 2.45) is 0 Å². The smallest absolute Gasteiger partial charge is 0.257 e. The van der Waals surface area contributed by atoms with Gasteiger partial charge in [0.15, 0.2) is 0 Å². The van der Waals surface area contributed by atoms with Crippen LogP contribution < -0.4 is 10.1 Å². The minimum absolute atomic E-state index is 0.228. The molecule has 1 aromatic rings. The lowest BCUT2D eigenvalue weighted by molar-refractivity contribution is -0.115. The number of nitriles is 1. The molecule has 0 aliphatic heterocycles. The van der Waals surface area contributed by atoms with Crippen LogP contribution in [0.1, 0.15) is 16.8 Å². The number of hydrogen-bond donors (Lipinski definition) is 1. The molecule has 0 aromatic heterocycles. The van der Waals surface area contributed by atoms with Gasteiger partial charge in [-0.1, -0.05) is 0 Å². The number of methoxy groups -OCH3 is 1. The number of nitrogens with one attached hydrogen (secondary N) is 1. The third kappa shape index (κ3) is 3.71. The molecule has 0 atom stereocenters. The van der Waals surface area contributed by atoms with Gasteiger partial charge in [0.1, 0.15) is 12.2 Å². The number of rotatable bonds is 4. The van der Waals surface area contributed by atoms with Gasteiger partial charge in [-0.2, -0.15) is 5.26 Å². The van der Waals surface area contributed by atoms with E-state index in [2.05, 4.69) is 5.32 Å². The van der Waals surface area contributed by atoms with E-state index in [9.17, 15) is 9.59 Å². The van der Waals surface area contributed by atoms with Gasteiger partial charge in [-0.05, 0) is 18.2 Å². The lowest BCUT2D eigenvalue weighted by Crippen LogP contribution is -2.22. The summed E-state index contributed by atoms with van der Waals surface area (Å²) in [6.07, 6.45) is -0.233. The van der Waals surface area contributed by atoms with Gasteiger partial charge in [-0.15, -0.1) is 0 Å². The summed E-state index contributed by atoms with van der Waals surface area (Å²) in [7, 11) is 4.72. The maximum absolute atomic E-state index is 12.0. The van der Waals surface area contributed by atoms with E-state index in [4.69, 9.17) is 10.00 Å². The van der Waals surface area contributed by atoms with Crippen molar-refractivity contribution in [3.63, 3.8) is 0 Å². The number of carbonyl (C=O) groups is 2. The summed E-state index contributed by atoms with van der Waals surface area (Å²) in [6.45, 7) is 0. The fraction of sp³-hybridized carbons (Fsp3) is 0.308. The first-order valence-electron chi connectivity index (χ1n) is 5.56. The molecule has 0 spiro atoms. The Bertz CT molecular complexity index is 532. The van der Waals surface area contributed by atoms with Crippen LogP contribution in [0, 0.1) is 11.3 Å². The second-order valence-electron chi connectivity index (χ2n) is 4.00. The predicted molar refractivity (Wildman–Crippen MR) is 69.9 cm³/mol. The number of hydrogen-bond acceptors (Lipinski definition) is 4. The van der Waals surface area contributed by atoms with Crippen LogP contribution in [0.3, 0.4) is 0 Å². The van der Waals surface area contributed by atoms with Gasteiger partial charge in [0.05, 0.1) is 18.7 Å². The molecule has 0 unspecified atom stereocenters. The predicted octanol–water partition coefficient (Wildman–Crippen LogP) is 1.25. The van der Waals surface area contributed by atoms with Crippen molar-refractivity contribution in [3.8, 4) is 11.8 Å². The van der Waals surface area contributed by atoms with Crippen LogP contribution in [0.5, 0.6) is 5.75 Å². The van der Waals surface area contributed by atoms with Gasteiger partial charge in [-0.25, -0.2) is 0 Å². The molecule has 2 amide bonds. The van der Waals surface area contributed by atoms with Gasteiger partial charge in [0, 0.05) is 19.8 Å². The van der Waals surface area contributed by atoms with E-state index in [0.29, 0.717) is 17.0 Å². The number of benzene rings is 1. The molecule has 19 heavy (non-hydrogen) atoms. The number of anilines is 1. The zero-order valence-electron chi connectivity index (χ0n) is 11.1. The third-order valence-corrected chi connectivity index (χ3v) is 2.36. The van der Waals surface area contributed by atoms with Crippen LogP contribution in [-0.4, -0.2) is 37.9 Å². The Kier molecular flexibility index (Phi) is 4.89. The Labute approximate surface area is 111 Å². The normalized spacial score (nSPS) is 9.37. The minimum atomic E-state index is -0.420. The molecule has 0 bridgehead atoms. The van der Waals surface area contributed by atoms with Crippen LogP contribution >= 0.6 is 0 Å². The van der Waals surface area contributed by atoms with Gasteiger partial charge >= 0.3 is 0 Å². The summed E-state index contributed by atoms with van der Waals surface area (Å²) in [5, 5.41) is 11.0. The highest BCUT2D eigenvalue weighted by Gasteiger charge is 2.15. The number of carbonyl (C=O) groups excluding carboxylic acids is 2. The minimum Gasteiger partial charge on any atom is -0.496 e. The summed E-state index contributed by atoms with van der Waals surface area (Å²) in [5.41, 5.74) is 0.800. The molecular formula is C13H15N3O3. The van der Waals surface area contributed by atoms with Crippen LogP contribution in [-0.2, 0) is 4.79 Å². The lowest BCUT2D eigenvalue weighted by Gasteiger charge is -2.14. The molecule has 1 N–H and O–H groups in total. The Balaban J connectivity index is 3.05. The fourth-order valence-corrected chi connectivity index (χ4v) is 1.47. The highest BCUT2D eigenvalue weighted by Crippen LogP contribution is 2.23.